The summed E-state index contributed by atoms with van der Waals surface area (Å²) in [5.41, 5.74) is 3.34. The van der Waals surface area contributed by atoms with E-state index >= 15 is 0 Å². The zero-order chi connectivity index (χ0) is 16.2. The Balaban J connectivity index is 2.01. The van der Waals surface area contributed by atoms with Crippen molar-refractivity contribution in [2.45, 2.75) is 13.0 Å². The van der Waals surface area contributed by atoms with Crippen molar-refractivity contribution in [2.24, 2.45) is 0 Å². The van der Waals surface area contributed by atoms with Crippen LogP contribution in [-0.2, 0) is 4.74 Å². The molecule has 0 aliphatic heterocycles. The number of benzene rings is 2. The predicted molar refractivity (Wildman–Crippen MR) is 89.6 cm³/mol. The number of hydrogen-bond acceptors (Lipinski definition) is 2. The highest BCUT2D eigenvalue weighted by atomic mass is 19.1. The highest BCUT2D eigenvalue weighted by Gasteiger charge is 2.21. The molecule has 0 saturated carbocycles. The smallest absolute Gasteiger partial charge is 0.186 e. The Morgan fingerprint density at radius 1 is 1.17 bits per heavy atom. The molecule has 0 fully saturated rings. The summed E-state index contributed by atoms with van der Waals surface area (Å²) in [5.74, 6) is -0.512. The van der Waals surface area contributed by atoms with Gasteiger partial charge in [0.05, 0.1) is 0 Å². The van der Waals surface area contributed by atoms with Crippen molar-refractivity contribution in [3.8, 4) is 0 Å². The van der Waals surface area contributed by atoms with Gasteiger partial charge in [-0.1, -0.05) is 36.4 Å². The van der Waals surface area contributed by atoms with Crippen LogP contribution in [0.3, 0.4) is 0 Å². The van der Waals surface area contributed by atoms with Crippen LogP contribution in [0.2, 0.25) is 0 Å². The molecule has 23 heavy (non-hydrogen) atoms. The van der Waals surface area contributed by atoms with E-state index in [0.717, 1.165) is 16.7 Å². The van der Waals surface area contributed by atoms with E-state index < -0.39 is 0 Å². The molecule has 0 bridgehead atoms. The SMILES string of the molecule is CCOC1C=Cc2ccccc2/C1=C/C(=O)c1ccc(F)cc1. The van der Waals surface area contributed by atoms with E-state index in [9.17, 15) is 9.18 Å². The number of fused-ring (bicyclic) bond motifs is 1. The number of hydrogen-bond donors (Lipinski definition) is 0. The van der Waals surface area contributed by atoms with Gasteiger partial charge in [-0.25, -0.2) is 4.39 Å². The minimum absolute atomic E-state index is 0.158. The van der Waals surface area contributed by atoms with Crippen LogP contribution in [0.1, 0.15) is 28.4 Å². The Kier molecular flexibility index (Phi) is 4.49. The summed E-state index contributed by atoms with van der Waals surface area (Å²) < 4.78 is 18.8. The van der Waals surface area contributed by atoms with Crippen molar-refractivity contribution in [1.29, 1.82) is 0 Å². The molecule has 0 aromatic heterocycles. The van der Waals surface area contributed by atoms with Crippen LogP contribution >= 0.6 is 0 Å². The summed E-state index contributed by atoms with van der Waals surface area (Å²) in [6.07, 6.45) is 5.31. The normalized spacial score (nSPS) is 18.0. The summed E-state index contributed by atoms with van der Waals surface area (Å²) in [6.45, 7) is 2.48. The molecule has 116 valence electrons. The van der Waals surface area contributed by atoms with Gasteiger partial charge in [-0.2, -0.15) is 0 Å². The van der Waals surface area contributed by atoms with E-state index in [1.165, 1.54) is 24.3 Å². The van der Waals surface area contributed by atoms with Crippen molar-refractivity contribution in [2.75, 3.05) is 6.61 Å². The maximum Gasteiger partial charge on any atom is 0.186 e. The maximum atomic E-state index is 13.0. The first-order valence-electron chi connectivity index (χ1n) is 7.59. The lowest BCUT2D eigenvalue weighted by Gasteiger charge is -2.23. The number of ketones is 1. The molecule has 0 radical (unpaired) electrons. The Bertz CT molecular complexity index is 772. The lowest BCUT2D eigenvalue weighted by molar-refractivity contribution is 0.104. The fourth-order valence-corrected chi connectivity index (χ4v) is 2.68. The van der Waals surface area contributed by atoms with Gasteiger partial charge in [0.15, 0.2) is 5.78 Å². The fourth-order valence-electron chi connectivity index (χ4n) is 2.68. The van der Waals surface area contributed by atoms with Crippen LogP contribution in [0.25, 0.3) is 11.6 Å². The average Bonchev–Trinajstić information content (AvgIpc) is 2.57. The van der Waals surface area contributed by atoms with E-state index in [0.29, 0.717) is 12.2 Å². The summed E-state index contributed by atoms with van der Waals surface area (Å²) in [7, 11) is 0. The van der Waals surface area contributed by atoms with Gasteiger partial charge in [0.2, 0.25) is 0 Å². The van der Waals surface area contributed by atoms with Crippen molar-refractivity contribution >= 4 is 17.4 Å². The molecule has 1 aliphatic carbocycles. The first-order valence-corrected chi connectivity index (χ1v) is 7.59. The topological polar surface area (TPSA) is 26.3 Å². The highest BCUT2D eigenvalue weighted by molar-refractivity contribution is 6.09. The van der Waals surface area contributed by atoms with Gasteiger partial charge in [-0.05, 0) is 54.0 Å². The summed E-state index contributed by atoms with van der Waals surface area (Å²) >= 11 is 0. The van der Waals surface area contributed by atoms with Gasteiger partial charge in [-0.15, -0.1) is 0 Å². The van der Waals surface area contributed by atoms with Gasteiger partial charge >= 0.3 is 0 Å². The summed E-state index contributed by atoms with van der Waals surface area (Å²) in [6, 6.07) is 13.5. The van der Waals surface area contributed by atoms with Crippen LogP contribution in [0, 0.1) is 5.82 Å². The molecular weight excluding hydrogens is 291 g/mol. The van der Waals surface area contributed by atoms with Gasteiger partial charge < -0.3 is 4.74 Å². The average molecular weight is 308 g/mol. The van der Waals surface area contributed by atoms with Crippen LogP contribution in [0.5, 0.6) is 0 Å². The molecular formula is C20H17FO2. The zero-order valence-corrected chi connectivity index (χ0v) is 12.8. The Hall–Kier alpha value is -2.52. The third-order valence-corrected chi connectivity index (χ3v) is 3.79. The van der Waals surface area contributed by atoms with Gasteiger partial charge in [0.1, 0.15) is 11.9 Å². The summed E-state index contributed by atoms with van der Waals surface area (Å²) in [4.78, 5) is 12.5. The molecule has 0 amide bonds. The molecule has 0 saturated heterocycles. The molecule has 3 heteroatoms. The molecule has 0 heterocycles. The van der Waals surface area contributed by atoms with Gasteiger partial charge in [0, 0.05) is 12.2 Å². The van der Waals surface area contributed by atoms with E-state index in [-0.39, 0.29) is 17.7 Å². The number of ether oxygens (including phenoxy) is 1. The van der Waals surface area contributed by atoms with Gasteiger partial charge in [0.25, 0.3) is 0 Å². The van der Waals surface area contributed by atoms with Crippen molar-refractivity contribution < 1.29 is 13.9 Å². The first-order chi connectivity index (χ1) is 11.2. The third kappa shape index (κ3) is 3.30. The van der Waals surface area contributed by atoms with Crippen LogP contribution in [0.4, 0.5) is 4.39 Å². The van der Waals surface area contributed by atoms with Crippen molar-refractivity contribution in [3.05, 3.63) is 83.2 Å². The molecule has 0 spiro atoms. The third-order valence-electron chi connectivity index (χ3n) is 3.79. The first kappa shape index (κ1) is 15.4. The number of rotatable bonds is 4. The van der Waals surface area contributed by atoms with Crippen molar-refractivity contribution in [1.82, 2.24) is 0 Å². The van der Waals surface area contributed by atoms with Crippen LogP contribution in [-0.4, -0.2) is 18.5 Å². The molecule has 1 unspecified atom stereocenters. The second-order valence-corrected chi connectivity index (χ2v) is 5.29. The molecule has 0 N–H and O–H groups in total. The number of allylic oxidation sites excluding steroid dienone is 1. The lowest BCUT2D eigenvalue weighted by atomic mass is 9.89. The second kappa shape index (κ2) is 6.71. The number of halogens is 1. The molecule has 1 atom stereocenters. The fraction of sp³-hybridized carbons (Fsp3) is 0.150. The number of carbonyl (C=O) groups is 1. The van der Waals surface area contributed by atoms with E-state index in [1.807, 2.05) is 43.3 Å². The monoisotopic (exact) mass is 308 g/mol. The Morgan fingerprint density at radius 2 is 1.91 bits per heavy atom. The van der Waals surface area contributed by atoms with Gasteiger partial charge in [-0.3, -0.25) is 4.79 Å². The Morgan fingerprint density at radius 3 is 2.65 bits per heavy atom. The predicted octanol–water partition coefficient (Wildman–Crippen LogP) is 4.52. The maximum absolute atomic E-state index is 13.0. The largest absolute Gasteiger partial charge is 0.370 e. The molecule has 3 rings (SSSR count). The van der Waals surface area contributed by atoms with Crippen LogP contribution in [0.15, 0.2) is 60.7 Å². The van der Waals surface area contributed by atoms with Crippen LogP contribution < -0.4 is 0 Å². The minimum Gasteiger partial charge on any atom is -0.370 e. The highest BCUT2D eigenvalue weighted by Crippen LogP contribution is 2.31. The molecule has 1 aliphatic rings. The van der Waals surface area contributed by atoms with E-state index in [1.54, 1.807) is 6.08 Å². The van der Waals surface area contributed by atoms with E-state index in [4.69, 9.17) is 4.74 Å². The number of carbonyl (C=O) groups excluding carboxylic acids is 1. The van der Waals surface area contributed by atoms with E-state index in [2.05, 4.69) is 0 Å². The standard InChI is InChI=1S/C20H17FO2/c1-2-23-20-12-9-14-5-3-4-6-17(14)18(20)13-19(22)15-7-10-16(21)11-8-15/h3-13,20H,2H2,1H3/b18-13-. The quantitative estimate of drug-likeness (QED) is 0.613. The van der Waals surface area contributed by atoms with Crippen molar-refractivity contribution in [3.63, 3.8) is 0 Å². The molecule has 2 aromatic carbocycles. The lowest BCUT2D eigenvalue weighted by Crippen LogP contribution is -2.17. The molecule has 2 nitrogen and oxygen atoms in total. The minimum atomic E-state index is -0.354. The summed E-state index contributed by atoms with van der Waals surface area (Å²) in [5, 5.41) is 0. The second-order valence-electron chi connectivity index (χ2n) is 5.29. The zero-order valence-electron chi connectivity index (χ0n) is 12.8. The molecule has 2 aromatic rings. The Labute approximate surface area is 134 Å².